The molecule has 0 radical (unpaired) electrons. The number of fused-ring (bicyclic) bond motifs is 1. The van der Waals surface area contributed by atoms with Gasteiger partial charge in [-0.05, 0) is 23.3 Å². The lowest BCUT2D eigenvalue weighted by Gasteiger charge is -2.11. The second-order valence-corrected chi connectivity index (χ2v) is 6.14. The number of aromatic hydroxyl groups is 1. The summed E-state index contributed by atoms with van der Waals surface area (Å²) in [6.07, 6.45) is 6.52. The third kappa shape index (κ3) is 4.72. The summed E-state index contributed by atoms with van der Waals surface area (Å²) >= 11 is 0. The summed E-state index contributed by atoms with van der Waals surface area (Å²) in [6.45, 7) is 2.46. The van der Waals surface area contributed by atoms with Crippen LogP contribution in [0.3, 0.4) is 0 Å². The van der Waals surface area contributed by atoms with Gasteiger partial charge in [0.25, 0.3) is 5.91 Å². The largest absolute Gasteiger partial charge is 0.506 e. The topological polar surface area (TPSA) is 89.6 Å². The van der Waals surface area contributed by atoms with Crippen molar-refractivity contribution in [3.05, 3.63) is 41.5 Å². The average molecular weight is 343 g/mol. The standard InChI is InChI=1S/C20H25NO4/c1-2-3-4-5-6-9-12-25-20(24)16-13-14-10-7-8-11-15(14)17(18(16)22)19(21)23/h7-8,10-11,13,22H,2-6,9,12H2,1H3,(H2,21,23). The molecule has 0 aliphatic heterocycles. The van der Waals surface area contributed by atoms with Gasteiger partial charge in [-0.15, -0.1) is 0 Å². The number of hydrogen-bond acceptors (Lipinski definition) is 4. The van der Waals surface area contributed by atoms with Crippen LogP contribution in [-0.4, -0.2) is 23.6 Å². The van der Waals surface area contributed by atoms with E-state index in [2.05, 4.69) is 6.92 Å². The van der Waals surface area contributed by atoms with Crippen LogP contribution in [0.1, 0.15) is 66.2 Å². The molecule has 2 aromatic rings. The predicted molar refractivity (Wildman–Crippen MR) is 97.8 cm³/mol. The summed E-state index contributed by atoms with van der Waals surface area (Å²) in [5.41, 5.74) is 5.30. The Bertz CT molecular complexity index is 755. The van der Waals surface area contributed by atoms with Crippen LogP contribution in [0, 0.1) is 0 Å². The monoisotopic (exact) mass is 343 g/mol. The van der Waals surface area contributed by atoms with Crippen LogP contribution in [0.4, 0.5) is 0 Å². The number of phenols is 1. The molecule has 0 heterocycles. The van der Waals surface area contributed by atoms with Crippen molar-refractivity contribution in [1.82, 2.24) is 0 Å². The summed E-state index contributed by atoms with van der Waals surface area (Å²) in [4.78, 5) is 24.0. The highest BCUT2D eigenvalue weighted by Crippen LogP contribution is 2.31. The Balaban J connectivity index is 2.08. The first kappa shape index (κ1) is 18.8. The van der Waals surface area contributed by atoms with E-state index in [-0.39, 0.29) is 11.1 Å². The number of carbonyl (C=O) groups excluding carboxylic acids is 2. The predicted octanol–water partition coefficient (Wildman–Crippen LogP) is 4.16. The lowest BCUT2D eigenvalue weighted by Crippen LogP contribution is -2.15. The molecule has 0 atom stereocenters. The molecule has 2 rings (SSSR count). The van der Waals surface area contributed by atoms with Gasteiger partial charge in [0.2, 0.25) is 0 Å². The molecule has 0 aliphatic rings. The molecule has 0 saturated heterocycles. The number of benzene rings is 2. The van der Waals surface area contributed by atoms with Gasteiger partial charge in [0.05, 0.1) is 12.2 Å². The maximum Gasteiger partial charge on any atom is 0.341 e. The zero-order valence-corrected chi connectivity index (χ0v) is 14.6. The Morgan fingerprint density at radius 3 is 2.48 bits per heavy atom. The number of unbranched alkanes of at least 4 members (excludes halogenated alkanes) is 5. The molecular formula is C20H25NO4. The van der Waals surface area contributed by atoms with E-state index >= 15 is 0 Å². The Morgan fingerprint density at radius 1 is 1.08 bits per heavy atom. The Morgan fingerprint density at radius 2 is 1.76 bits per heavy atom. The smallest absolute Gasteiger partial charge is 0.341 e. The van der Waals surface area contributed by atoms with Gasteiger partial charge >= 0.3 is 5.97 Å². The van der Waals surface area contributed by atoms with E-state index in [0.717, 1.165) is 19.3 Å². The maximum absolute atomic E-state index is 12.3. The van der Waals surface area contributed by atoms with Gasteiger partial charge in [-0.25, -0.2) is 4.79 Å². The van der Waals surface area contributed by atoms with E-state index in [0.29, 0.717) is 17.4 Å². The van der Waals surface area contributed by atoms with Gasteiger partial charge in [0.1, 0.15) is 11.3 Å². The van der Waals surface area contributed by atoms with Gasteiger partial charge in [-0.3, -0.25) is 4.79 Å². The number of primary amides is 1. The SMILES string of the molecule is CCCCCCCCOC(=O)c1cc2ccccc2c(C(N)=O)c1O. The van der Waals surface area contributed by atoms with Gasteiger partial charge in [-0.1, -0.05) is 63.3 Å². The Hall–Kier alpha value is -2.56. The molecular weight excluding hydrogens is 318 g/mol. The fourth-order valence-corrected chi connectivity index (χ4v) is 2.87. The summed E-state index contributed by atoms with van der Waals surface area (Å²) in [5, 5.41) is 11.5. The normalized spacial score (nSPS) is 10.8. The van der Waals surface area contributed by atoms with E-state index in [4.69, 9.17) is 10.5 Å². The zero-order chi connectivity index (χ0) is 18.2. The molecule has 3 N–H and O–H groups in total. The van der Waals surface area contributed by atoms with Gasteiger partial charge in [0.15, 0.2) is 0 Å². The van der Waals surface area contributed by atoms with E-state index in [1.807, 2.05) is 0 Å². The van der Waals surface area contributed by atoms with Crippen molar-refractivity contribution < 1.29 is 19.4 Å². The Kier molecular flexibility index (Phi) is 6.81. The Labute approximate surface area is 147 Å². The zero-order valence-electron chi connectivity index (χ0n) is 14.6. The third-order valence-corrected chi connectivity index (χ3v) is 4.22. The van der Waals surface area contributed by atoms with Crippen LogP contribution in [0.2, 0.25) is 0 Å². The molecule has 0 saturated carbocycles. The fourth-order valence-electron chi connectivity index (χ4n) is 2.87. The molecule has 0 aromatic heterocycles. The summed E-state index contributed by atoms with van der Waals surface area (Å²) in [7, 11) is 0. The van der Waals surface area contributed by atoms with Crippen LogP contribution in [0.15, 0.2) is 30.3 Å². The second kappa shape index (κ2) is 9.06. The number of ether oxygens (including phenoxy) is 1. The van der Waals surface area contributed by atoms with Crippen LogP contribution in [-0.2, 0) is 4.74 Å². The first-order chi connectivity index (χ1) is 12.1. The van der Waals surface area contributed by atoms with Crippen molar-refractivity contribution >= 4 is 22.6 Å². The van der Waals surface area contributed by atoms with Crippen LogP contribution < -0.4 is 5.73 Å². The quantitative estimate of drug-likeness (QED) is 0.528. The maximum atomic E-state index is 12.3. The molecule has 2 aromatic carbocycles. The molecule has 25 heavy (non-hydrogen) atoms. The first-order valence-corrected chi connectivity index (χ1v) is 8.78. The minimum Gasteiger partial charge on any atom is -0.506 e. The molecule has 0 unspecified atom stereocenters. The average Bonchev–Trinajstić information content (AvgIpc) is 2.59. The lowest BCUT2D eigenvalue weighted by atomic mass is 9.99. The molecule has 0 aliphatic carbocycles. The van der Waals surface area contributed by atoms with Crippen molar-refractivity contribution in [3.63, 3.8) is 0 Å². The van der Waals surface area contributed by atoms with E-state index in [9.17, 15) is 14.7 Å². The van der Waals surface area contributed by atoms with Crippen LogP contribution in [0.5, 0.6) is 5.75 Å². The summed E-state index contributed by atoms with van der Waals surface area (Å²) < 4.78 is 5.25. The summed E-state index contributed by atoms with van der Waals surface area (Å²) in [5.74, 6) is -1.84. The molecule has 0 bridgehead atoms. The number of rotatable bonds is 9. The molecule has 5 nitrogen and oxygen atoms in total. The van der Waals surface area contributed by atoms with Gasteiger partial charge in [0, 0.05) is 0 Å². The second-order valence-electron chi connectivity index (χ2n) is 6.14. The van der Waals surface area contributed by atoms with Crippen molar-refractivity contribution in [2.75, 3.05) is 6.61 Å². The van der Waals surface area contributed by atoms with Crippen molar-refractivity contribution in [2.45, 2.75) is 45.4 Å². The minimum absolute atomic E-state index is 0.0292. The van der Waals surface area contributed by atoms with E-state index in [1.54, 1.807) is 24.3 Å². The van der Waals surface area contributed by atoms with Crippen LogP contribution in [0.25, 0.3) is 10.8 Å². The fraction of sp³-hybridized carbons (Fsp3) is 0.400. The number of hydrogen-bond donors (Lipinski definition) is 2. The van der Waals surface area contributed by atoms with Crippen molar-refractivity contribution in [1.29, 1.82) is 0 Å². The highest BCUT2D eigenvalue weighted by atomic mass is 16.5. The number of carbonyl (C=O) groups is 2. The molecule has 134 valence electrons. The number of amides is 1. The highest BCUT2D eigenvalue weighted by molar-refractivity contribution is 6.12. The van der Waals surface area contributed by atoms with E-state index < -0.39 is 17.6 Å². The molecule has 1 amide bonds. The van der Waals surface area contributed by atoms with Gasteiger partial charge in [-0.2, -0.15) is 0 Å². The molecule has 0 fully saturated rings. The summed E-state index contributed by atoms with van der Waals surface area (Å²) in [6, 6.07) is 8.49. The van der Waals surface area contributed by atoms with Crippen LogP contribution >= 0.6 is 0 Å². The molecule has 5 heteroatoms. The molecule has 0 spiro atoms. The number of esters is 1. The third-order valence-electron chi connectivity index (χ3n) is 4.22. The van der Waals surface area contributed by atoms with E-state index in [1.165, 1.54) is 25.3 Å². The minimum atomic E-state index is -0.778. The van der Waals surface area contributed by atoms with Crippen molar-refractivity contribution in [2.24, 2.45) is 5.73 Å². The van der Waals surface area contributed by atoms with Gasteiger partial charge < -0.3 is 15.6 Å². The lowest BCUT2D eigenvalue weighted by molar-refractivity contribution is 0.0494. The highest BCUT2D eigenvalue weighted by Gasteiger charge is 2.21. The first-order valence-electron chi connectivity index (χ1n) is 8.78. The number of nitrogens with two attached hydrogens (primary N) is 1. The van der Waals surface area contributed by atoms with Crippen molar-refractivity contribution in [3.8, 4) is 5.75 Å².